The molecule has 1 heterocycles. The van der Waals surface area contributed by atoms with Gasteiger partial charge in [0, 0.05) is 11.6 Å². The van der Waals surface area contributed by atoms with E-state index >= 15 is 0 Å². The first-order valence-electron chi connectivity index (χ1n) is 4.74. The van der Waals surface area contributed by atoms with Crippen molar-refractivity contribution in [2.45, 2.75) is 0 Å². The highest BCUT2D eigenvalue weighted by Crippen LogP contribution is 2.31. The van der Waals surface area contributed by atoms with E-state index in [0.717, 1.165) is 0 Å². The van der Waals surface area contributed by atoms with Crippen LogP contribution in [0.4, 0.5) is 5.69 Å². The normalized spacial score (nSPS) is 10.3. The smallest absolute Gasteiger partial charge is 0.288 e. The summed E-state index contributed by atoms with van der Waals surface area (Å²) in [5, 5.41) is 21.2. The largest absolute Gasteiger partial charge is 0.542 e. The summed E-state index contributed by atoms with van der Waals surface area (Å²) in [5.74, 6) is -1.61. The molecular formula is C11H5ClNO5-. The minimum Gasteiger partial charge on any atom is -0.542 e. The Balaban J connectivity index is 2.47. The van der Waals surface area contributed by atoms with Crippen molar-refractivity contribution in [3.05, 3.63) is 51.2 Å². The number of aromatic carboxylic acids is 1. The molecule has 2 aromatic rings. The molecule has 6 nitrogen and oxygen atoms in total. The second-order valence-corrected chi connectivity index (χ2v) is 3.78. The van der Waals surface area contributed by atoms with Gasteiger partial charge in [0.2, 0.25) is 0 Å². The lowest BCUT2D eigenvalue weighted by atomic mass is 10.1. The summed E-state index contributed by atoms with van der Waals surface area (Å²) in [6, 6.07) is 6.65. The van der Waals surface area contributed by atoms with Crippen LogP contribution in [0.25, 0.3) is 11.3 Å². The van der Waals surface area contributed by atoms with Crippen molar-refractivity contribution in [2.24, 2.45) is 0 Å². The van der Waals surface area contributed by atoms with Crippen LogP contribution in [0.2, 0.25) is 5.02 Å². The average molecular weight is 267 g/mol. The lowest BCUT2D eigenvalue weighted by molar-refractivity contribution is -0.384. The molecule has 0 radical (unpaired) electrons. The fraction of sp³-hybridized carbons (Fsp3) is 0. The van der Waals surface area contributed by atoms with Gasteiger partial charge in [0.25, 0.3) is 5.69 Å². The molecule has 0 N–H and O–H groups in total. The van der Waals surface area contributed by atoms with Crippen LogP contribution >= 0.6 is 11.6 Å². The Labute approximate surface area is 106 Å². The van der Waals surface area contributed by atoms with Crippen LogP contribution in [0, 0.1) is 10.1 Å². The van der Waals surface area contributed by atoms with E-state index in [4.69, 9.17) is 16.0 Å². The minimum absolute atomic E-state index is 0.00423. The maximum absolute atomic E-state index is 10.7. The number of halogens is 1. The van der Waals surface area contributed by atoms with E-state index in [2.05, 4.69) is 0 Å². The third kappa shape index (κ3) is 2.18. The van der Waals surface area contributed by atoms with Gasteiger partial charge in [-0.3, -0.25) is 10.1 Å². The molecule has 1 aromatic carbocycles. The molecule has 1 aromatic heterocycles. The van der Waals surface area contributed by atoms with Gasteiger partial charge < -0.3 is 14.3 Å². The van der Waals surface area contributed by atoms with Crippen LogP contribution in [0.1, 0.15) is 10.6 Å². The summed E-state index contributed by atoms with van der Waals surface area (Å²) in [4.78, 5) is 20.6. The van der Waals surface area contributed by atoms with E-state index in [1.807, 2.05) is 0 Å². The quantitative estimate of drug-likeness (QED) is 0.624. The minimum atomic E-state index is -1.45. The molecule has 0 aliphatic carbocycles. The zero-order valence-electron chi connectivity index (χ0n) is 8.75. The number of hydrogen-bond acceptors (Lipinski definition) is 5. The number of nitro groups is 1. The molecular weight excluding hydrogens is 262 g/mol. The highest BCUT2D eigenvalue weighted by molar-refractivity contribution is 6.32. The van der Waals surface area contributed by atoms with Crippen molar-refractivity contribution in [1.82, 2.24) is 0 Å². The average Bonchev–Trinajstić information content (AvgIpc) is 2.78. The number of benzene rings is 1. The van der Waals surface area contributed by atoms with Gasteiger partial charge in [-0.2, -0.15) is 0 Å². The topological polar surface area (TPSA) is 96.4 Å². The van der Waals surface area contributed by atoms with Crippen molar-refractivity contribution in [2.75, 3.05) is 0 Å². The standard InChI is InChI=1S/C11H6ClNO5/c12-7-2-1-6(5-8(7)13(16)17)9-3-4-10(18-9)11(14)15/h1-5H,(H,14,15)/p-1. The number of hydrogen-bond donors (Lipinski definition) is 0. The first kappa shape index (κ1) is 12.1. The number of carbonyl (C=O) groups is 1. The number of nitrogens with zero attached hydrogens (tertiary/aromatic N) is 1. The van der Waals surface area contributed by atoms with Crippen LogP contribution in [0.15, 0.2) is 34.7 Å². The molecule has 0 atom stereocenters. The van der Waals surface area contributed by atoms with E-state index in [0.29, 0.717) is 5.56 Å². The van der Waals surface area contributed by atoms with Gasteiger partial charge in [0.1, 0.15) is 22.5 Å². The molecule has 7 heteroatoms. The van der Waals surface area contributed by atoms with Crippen molar-refractivity contribution < 1.29 is 19.2 Å². The van der Waals surface area contributed by atoms with Gasteiger partial charge in [-0.05, 0) is 24.3 Å². The van der Waals surface area contributed by atoms with Gasteiger partial charge in [-0.15, -0.1) is 0 Å². The van der Waals surface area contributed by atoms with Crippen molar-refractivity contribution in [3.63, 3.8) is 0 Å². The summed E-state index contributed by atoms with van der Waals surface area (Å²) in [6.07, 6.45) is 0. The van der Waals surface area contributed by atoms with Crippen LogP contribution < -0.4 is 5.11 Å². The Kier molecular flexibility index (Phi) is 3.03. The maximum Gasteiger partial charge on any atom is 0.288 e. The molecule has 0 aliphatic rings. The lowest BCUT2D eigenvalue weighted by Crippen LogP contribution is -2.21. The summed E-state index contributed by atoms with van der Waals surface area (Å²) >= 11 is 5.66. The van der Waals surface area contributed by atoms with Crippen LogP contribution in [-0.4, -0.2) is 10.9 Å². The van der Waals surface area contributed by atoms with Crippen LogP contribution in [0.3, 0.4) is 0 Å². The van der Waals surface area contributed by atoms with Crippen LogP contribution in [0.5, 0.6) is 0 Å². The predicted octanol–water partition coefficient (Wildman–Crippen LogP) is 1.87. The summed E-state index contributed by atoms with van der Waals surface area (Å²) in [7, 11) is 0. The Hall–Kier alpha value is -2.34. The molecule has 0 unspecified atom stereocenters. The molecule has 92 valence electrons. The Morgan fingerprint density at radius 3 is 2.56 bits per heavy atom. The predicted molar refractivity (Wildman–Crippen MR) is 60.1 cm³/mol. The fourth-order valence-electron chi connectivity index (χ4n) is 1.41. The number of rotatable bonds is 3. The van der Waals surface area contributed by atoms with Gasteiger partial charge in [-0.1, -0.05) is 11.6 Å². The fourth-order valence-corrected chi connectivity index (χ4v) is 1.60. The van der Waals surface area contributed by atoms with E-state index in [1.54, 1.807) is 0 Å². The second-order valence-electron chi connectivity index (χ2n) is 3.37. The van der Waals surface area contributed by atoms with Crippen LogP contribution in [-0.2, 0) is 0 Å². The highest BCUT2D eigenvalue weighted by atomic mass is 35.5. The summed E-state index contributed by atoms with van der Waals surface area (Å²) in [6.45, 7) is 0. The molecule has 0 bridgehead atoms. The van der Waals surface area contributed by atoms with E-state index in [-0.39, 0.29) is 22.2 Å². The first-order valence-corrected chi connectivity index (χ1v) is 5.12. The monoisotopic (exact) mass is 266 g/mol. The molecule has 0 saturated carbocycles. The molecule has 0 fully saturated rings. The third-order valence-corrected chi connectivity index (χ3v) is 2.55. The van der Waals surface area contributed by atoms with Gasteiger partial charge >= 0.3 is 0 Å². The van der Waals surface area contributed by atoms with Crippen molar-refractivity contribution >= 4 is 23.3 Å². The van der Waals surface area contributed by atoms with E-state index in [9.17, 15) is 20.0 Å². The summed E-state index contributed by atoms with van der Waals surface area (Å²) in [5.41, 5.74) is 0.0826. The molecule has 18 heavy (non-hydrogen) atoms. The number of carboxylic acids is 1. The van der Waals surface area contributed by atoms with Gasteiger partial charge in [0.05, 0.1) is 4.92 Å². The van der Waals surface area contributed by atoms with Crippen molar-refractivity contribution in [1.29, 1.82) is 0 Å². The van der Waals surface area contributed by atoms with E-state index < -0.39 is 10.9 Å². The number of carboxylic acid groups (broad SMARTS) is 1. The molecule has 0 aliphatic heterocycles. The lowest BCUT2D eigenvalue weighted by Gasteiger charge is -2.00. The maximum atomic E-state index is 10.7. The first-order chi connectivity index (χ1) is 8.49. The second kappa shape index (κ2) is 4.50. The van der Waals surface area contributed by atoms with Gasteiger partial charge in [-0.25, -0.2) is 0 Å². The van der Waals surface area contributed by atoms with Crippen molar-refractivity contribution in [3.8, 4) is 11.3 Å². The highest BCUT2D eigenvalue weighted by Gasteiger charge is 2.15. The number of furan rings is 1. The summed E-state index contributed by atoms with van der Waals surface area (Å²) < 4.78 is 4.98. The SMILES string of the molecule is O=C([O-])c1ccc(-c2ccc(Cl)c([N+](=O)[O-])c2)o1. The van der Waals surface area contributed by atoms with Gasteiger partial charge in [0.15, 0.2) is 0 Å². The molecule has 0 saturated heterocycles. The molecule has 0 spiro atoms. The Morgan fingerprint density at radius 2 is 2.00 bits per heavy atom. The Bertz CT molecular complexity index is 634. The Morgan fingerprint density at radius 1 is 1.28 bits per heavy atom. The molecule has 2 rings (SSSR count). The third-order valence-electron chi connectivity index (χ3n) is 2.23. The zero-order valence-corrected chi connectivity index (χ0v) is 9.51. The zero-order chi connectivity index (χ0) is 13.3. The number of carbonyl (C=O) groups excluding carboxylic acids is 1. The number of nitro benzene ring substituents is 1. The van der Waals surface area contributed by atoms with E-state index in [1.165, 1.54) is 30.3 Å². The molecule has 0 amide bonds.